The van der Waals surface area contributed by atoms with Gasteiger partial charge in [-0.15, -0.1) is 0 Å². The zero-order chi connectivity index (χ0) is 18.2. The SMILES string of the molecule is CCOc1ccccc1C(=O)NC(=S)Nc1ccc(C(=O)NC)cc1. The molecule has 25 heavy (non-hydrogen) atoms. The Morgan fingerprint density at radius 2 is 1.72 bits per heavy atom. The molecule has 0 aromatic heterocycles. The number of amides is 2. The maximum absolute atomic E-state index is 12.4. The molecule has 2 amide bonds. The molecule has 0 aliphatic carbocycles. The van der Waals surface area contributed by atoms with Crippen LogP contribution in [-0.2, 0) is 0 Å². The van der Waals surface area contributed by atoms with Crippen molar-refractivity contribution in [3.05, 3.63) is 59.7 Å². The lowest BCUT2D eigenvalue weighted by molar-refractivity contribution is 0.0958. The van der Waals surface area contributed by atoms with E-state index >= 15 is 0 Å². The van der Waals surface area contributed by atoms with Crippen LogP contribution in [0.1, 0.15) is 27.6 Å². The van der Waals surface area contributed by atoms with Gasteiger partial charge in [0.1, 0.15) is 5.75 Å². The Morgan fingerprint density at radius 1 is 1.04 bits per heavy atom. The van der Waals surface area contributed by atoms with Crippen molar-refractivity contribution in [3.8, 4) is 5.75 Å². The lowest BCUT2D eigenvalue weighted by atomic mass is 10.2. The first-order chi connectivity index (χ1) is 12.0. The monoisotopic (exact) mass is 357 g/mol. The van der Waals surface area contributed by atoms with E-state index in [0.29, 0.717) is 29.2 Å². The van der Waals surface area contributed by atoms with Gasteiger partial charge in [0.05, 0.1) is 12.2 Å². The molecule has 130 valence electrons. The van der Waals surface area contributed by atoms with Crippen molar-refractivity contribution in [2.24, 2.45) is 0 Å². The number of rotatable bonds is 5. The van der Waals surface area contributed by atoms with Crippen molar-refractivity contribution in [2.75, 3.05) is 19.0 Å². The van der Waals surface area contributed by atoms with Gasteiger partial charge in [0.15, 0.2) is 5.11 Å². The minimum Gasteiger partial charge on any atom is -0.493 e. The predicted molar refractivity (Wildman–Crippen MR) is 101 cm³/mol. The minimum absolute atomic E-state index is 0.156. The third kappa shape index (κ3) is 5.02. The van der Waals surface area contributed by atoms with Crippen LogP contribution in [0.3, 0.4) is 0 Å². The van der Waals surface area contributed by atoms with Crippen LogP contribution in [0.5, 0.6) is 5.75 Å². The predicted octanol–water partition coefficient (Wildman–Crippen LogP) is 2.57. The van der Waals surface area contributed by atoms with E-state index in [0.717, 1.165) is 0 Å². The molecule has 0 unspecified atom stereocenters. The number of nitrogens with one attached hydrogen (secondary N) is 3. The number of carbonyl (C=O) groups is 2. The number of hydrogen-bond donors (Lipinski definition) is 3. The number of hydrogen-bond acceptors (Lipinski definition) is 4. The van der Waals surface area contributed by atoms with Crippen LogP contribution in [0, 0.1) is 0 Å². The molecule has 0 aliphatic heterocycles. The van der Waals surface area contributed by atoms with Crippen LogP contribution in [-0.4, -0.2) is 30.6 Å². The van der Waals surface area contributed by atoms with Gasteiger partial charge in [-0.1, -0.05) is 12.1 Å². The van der Waals surface area contributed by atoms with Gasteiger partial charge >= 0.3 is 0 Å². The fourth-order valence-electron chi connectivity index (χ4n) is 2.12. The molecular formula is C18H19N3O3S. The van der Waals surface area contributed by atoms with Crippen molar-refractivity contribution in [1.82, 2.24) is 10.6 Å². The van der Waals surface area contributed by atoms with Crippen LogP contribution in [0.25, 0.3) is 0 Å². The van der Waals surface area contributed by atoms with E-state index in [1.807, 2.05) is 6.92 Å². The van der Waals surface area contributed by atoms with Crippen molar-refractivity contribution in [3.63, 3.8) is 0 Å². The molecule has 2 rings (SSSR count). The number of anilines is 1. The van der Waals surface area contributed by atoms with E-state index < -0.39 is 0 Å². The fourth-order valence-corrected chi connectivity index (χ4v) is 2.33. The standard InChI is InChI=1S/C18H19N3O3S/c1-3-24-15-7-5-4-6-14(15)17(23)21-18(25)20-13-10-8-12(9-11-13)16(22)19-2/h4-11H,3H2,1-2H3,(H,19,22)(H2,20,21,23,25). The van der Waals surface area contributed by atoms with Crippen LogP contribution in [0.15, 0.2) is 48.5 Å². The van der Waals surface area contributed by atoms with E-state index in [-0.39, 0.29) is 16.9 Å². The van der Waals surface area contributed by atoms with Gasteiger partial charge < -0.3 is 15.4 Å². The van der Waals surface area contributed by atoms with E-state index in [1.165, 1.54) is 0 Å². The summed E-state index contributed by atoms with van der Waals surface area (Å²) in [5, 5.41) is 8.22. The zero-order valence-corrected chi connectivity index (χ0v) is 14.8. The van der Waals surface area contributed by atoms with Crippen molar-refractivity contribution >= 4 is 34.8 Å². The summed E-state index contributed by atoms with van der Waals surface area (Å²) in [5.74, 6) is -0.0290. The summed E-state index contributed by atoms with van der Waals surface area (Å²) in [7, 11) is 1.57. The van der Waals surface area contributed by atoms with E-state index in [2.05, 4.69) is 16.0 Å². The minimum atomic E-state index is -0.358. The summed E-state index contributed by atoms with van der Waals surface area (Å²) in [6.45, 7) is 2.31. The maximum atomic E-state index is 12.4. The number of thiocarbonyl (C=S) groups is 1. The molecule has 0 atom stereocenters. The molecule has 6 nitrogen and oxygen atoms in total. The second-order valence-electron chi connectivity index (χ2n) is 4.99. The molecule has 0 radical (unpaired) electrons. The molecule has 3 N–H and O–H groups in total. The fraction of sp³-hybridized carbons (Fsp3) is 0.167. The molecule has 0 saturated carbocycles. The molecule has 0 aliphatic rings. The van der Waals surface area contributed by atoms with Gasteiger partial charge in [0.2, 0.25) is 0 Å². The van der Waals surface area contributed by atoms with Crippen molar-refractivity contribution in [1.29, 1.82) is 0 Å². The first-order valence-corrected chi connectivity index (χ1v) is 8.12. The van der Waals surface area contributed by atoms with Crippen LogP contribution in [0.2, 0.25) is 0 Å². The number of carbonyl (C=O) groups excluding carboxylic acids is 2. The molecule has 0 saturated heterocycles. The summed E-state index contributed by atoms with van der Waals surface area (Å²) in [6.07, 6.45) is 0. The van der Waals surface area contributed by atoms with Gasteiger partial charge in [-0.3, -0.25) is 14.9 Å². The van der Waals surface area contributed by atoms with Gasteiger partial charge in [-0.2, -0.15) is 0 Å². The first kappa shape index (κ1) is 18.4. The van der Waals surface area contributed by atoms with Gasteiger partial charge in [0.25, 0.3) is 11.8 Å². The Balaban J connectivity index is 2.00. The smallest absolute Gasteiger partial charge is 0.261 e. The largest absolute Gasteiger partial charge is 0.493 e. The highest BCUT2D eigenvalue weighted by Gasteiger charge is 2.13. The highest BCUT2D eigenvalue weighted by Crippen LogP contribution is 2.17. The molecule has 0 bridgehead atoms. The van der Waals surface area contributed by atoms with Gasteiger partial charge in [-0.05, 0) is 55.5 Å². The molecule has 0 heterocycles. The molecule has 7 heteroatoms. The summed E-state index contributed by atoms with van der Waals surface area (Å²) >= 11 is 5.16. The zero-order valence-electron chi connectivity index (χ0n) is 14.0. The summed E-state index contributed by atoms with van der Waals surface area (Å²) in [4.78, 5) is 23.9. The van der Waals surface area contributed by atoms with E-state index in [9.17, 15) is 9.59 Å². The lowest BCUT2D eigenvalue weighted by Gasteiger charge is -2.12. The highest BCUT2D eigenvalue weighted by atomic mass is 32.1. The Labute approximate surface area is 151 Å². The summed E-state index contributed by atoms with van der Waals surface area (Å²) < 4.78 is 5.44. The Hall–Kier alpha value is -2.93. The van der Waals surface area contributed by atoms with Crippen molar-refractivity contribution < 1.29 is 14.3 Å². The Morgan fingerprint density at radius 3 is 2.36 bits per heavy atom. The van der Waals surface area contributed by atoms with Gasteiger partial charge in [-0.25, -0.2) is 0 Å². The normalized spacial score (nSPS) is 9.84. The first-order valence-electron chi connectivity index (χ1n) is 7.71. The molecule has 0 spiro atoms. The quantitative estimate of drug-likeness (QED) is 0.717. The van der Waals surface area contributed by atoms with Crippen LogP contribution >= 0.6 is 12.2 Å². The van der Waals surface area contributed by atoms with Crippen LogP contribution < -0.4 is 20.7 Å². The number of ether oxygens (including phenoxy) is 1. The third-order valence-electron chi connectivity index (χ3n) is 3.29. The summed E-state index contributed by atoms with van der Waals surface area (Å²) in [6, 6.07) is 13.7. The second-order valence-corrected chi connectivity index (χ2v) is 5.40. The van der Waals surface area contributed by atoms with Crippen molar-refractivity contribution in [2.45, 2.75) is 6.92 Å². The highest BCUT2D eigenvalue weighted by molar-refractivity contribution is 7.80. The van der Waals surface area contributed by atoms with Gasteiger partial charge in [0, 0.05) is 18.3 Å². The third-order valence-corrected chi connectivity index (χ3v) is 3.49. The number of para-hydroxylation sites is 1. The molecular weight excluding hydrogens is 338 g/mol. The molecule has 0 fully saturated rings. The summed E-state index contributed by atoms with van der Waals surface area (Å²) in [5.41, 5.74) is 1.60. The lowest BCUT2D eigenvalue weighted by Crippen LogP contribution is -2.34. The van der Waals surface area contributed by atoms with Crippen LogP contribution in [0.4, 0.5) is 5.69 Å². The Kier molecular flexibility index (Phi) is 6.47. The topological polar surface area (TPSA) is 79.5 Å². The second kappa shape index (κ2) is 8.79. The Bertz CT molecular complexity index is 775. The average molecular weight is 357 g/mol. The van der Waals surface area contributed by atoms with E-state index in [4.69, 9.17) is 17.0 Å². The van der Waals surface area contributed by atoms with E-state index in [1.54, 1.807) is 55.6 Å². The number of benzene rings is 2. The molecule has 2 aromatic carbocycles. The average Bonchev–Trinajstić information content (AvgIpc) is 2.62. The molecule has 2 aromatic rings. The maximum Gasteiger partial charge on any atom is 0.261 e.